The van der Waals surface area contributed by atoms with Gasteiger partial charge < -0.3 is 9.31 Å². The van der Waals surface area contributed by atoms with Crippen molar-refractivity contribution >= 4 is 23.4 Å². The van der Waals surface area contributed by atoms with Crippen molar-refractivity contribution in [2.75, 3.05) is 0 Å². The second-order valence-corrected chi connectivity index (χ2v) is 9.73. The van der Waals surface area contributed by atoms with E-state index in [1.807, 2.05) is 0 Å². The summed E-state index contributed by atoms with van der Waals surface area (Å²) >= 11 is 0. The Labute approximate surface area is 270 Å². The number of benzene rings is 5. The third-order valence-corrected chi connectivity index (χ3v) is 6.92. The summed E-state index contributed by atoms with van der Waals surface area (Å²) in [6.45, 7) is 0. The molecule has 0 heterocycles. The summed E-state index contributed by atoms with van der Waals surface area (Å²) in [5.41, 5.74) is -8.73. The standard InChI is InChI=1S/C28BF21O2/c30-6-1(2-7(31)15(39)20(44)16(40)8(2)32)5(12(36)19(43)13(6)37)29(52-28-25(49)22(46)21(45)23(47)26(28)50)51-27-4-3(10(34)18(42)24(27)48)9(33)14(38)17(41)11(4)35. The van der Waals surface area contributed by atoms with Crippen LogP contribution in [0.5, 0.6) is 11.5 Å². The van der Waals surface area contributed by atoms with E-state index in [-0.39, 0.29) is 0 Å². The van der Waals surface area contributed by atoms with E-state index in [4.69, 9.17) is 0 Å². The Morgan fingerprint density at radius 2 is 0.500 bits per heavy atom. The van der Waals surface area contributed by atoms with Gasteiger partial charge in [0, 0.05) is 5.56 Å². The van der Waals surface area contributed by atoms with Gasteiger partial charge in [0.2, 0.25) is 40.7 Å². The maximum absolute atomic E-state index is 15.5. The minimum Gasteiger partial charge on any atom is -0.519 e. The van der Waals surface area contributed by atoms with E-state index < -0.39 is 168 Å². The molecule has 0 atom stereocenters. The van der Waals surface area contributed by atoms with Gasteiger partial charge in [0.25, 0.3) is 0 Å². The molecule has 0 unspecified atom stereocenters. The third-order valence-electron chi connectivity index (χ3n) is 6.92. The smallest absolute Gasteiger partial charge is 0.519 e. The molecule has 0 aliphatic heterocycles. The molecule has 0 aliphatic rings. The molecule has 0 amide bonds. The maximum atomic E-state index is 15.5. The SMILES string of the molecule is Fc1c(F)c(F)c(OB(Oc2c(F)c(F)c(F)c3c(F)c(F)c(F)c(F)c23)c2c(F)c(F)c(F)c(F)c2-c2c(F)c(F)c(F)c(F)c2F)c(F)c1F. The molecule has 0 saturated heterocycles. The predicted octanol–water partition coefficient (Wildman–Crippen LogP) is 9.28. The van der Waals surface area contributed by atoms with Crippen molar-refractivity contribution in [3.63, 3.8) is 0 Å². The summed E-state index contributed by atoms with van der Waals surface area (Å²) in [4.78, 5) is 0. The monoisotopic (exact) mass is 778 g/mol. The van der Waals surface area contributed by atoms with Crippen molar-refractivity contribution < 1.29 is 102 Å². The lowest BCUT2D eigenvalue weighted by Gasteiger charge is -2.23. The Hall–Kier alpha value is -5.45. The summed E-state index contributed by atoms with van der Waals surface area (Å²) in [5.74, 6) is -71.7. The fraction of sp³-hybridized carbons (Fsp3) is 0. The highest BCUT2D eigenvalue weighted by atomic mass is 19.2. The molecule has 0 aromatic heterocycles. The highest BCUT2D eigenvalue weighted by molar-refractivity contribution is 6.64. The number of fused-ring (bicyclic) bond motifs is 1. The molecule has 0 saturated carbocycles. The lowest BCUT2D eigenvalue weighted by atomic mass is 9.72. The Balaban J connectivity index is 2.01. The topological polar surface area (TPSA) is 18.5 Å². The van der Waals surface area contributed by atoms with E-state index in [9.17, 15) is 79.0 Å². The van der Waals surface area contributed by atoms with E-state index >= 15 is 13.2 Å². The van der Waals surface area contributed by atoms with Crippen LogP contribution in [0.4, 0.5) is 92.2 Å². The lowest BCUT2D eigenvalue weighted by molar-refractivity contribution is 0.330. The van der Waals surface area contributed by atoms with Gasteiger partial charge in [0.15, 0.2) is 92.9 Å². The highest BCUT2D eigenvalue weighted by Crippen LogP contribution is 2.41. The van der Waals surface area contributed by atoms with Gasteiger partial charge in [0.05, 0.1) is 21.8 Å². The van der Waals surface area contributed by atoms with Crippen LogP contribution < -0.4 is 14.8 Å². The quantitative estimate of drug-likeness (QED) is 0.0741. The molecule has 0 fully saturated rings. The number of hydrogen-bond acceptors (Lipinski definition) is 2. The predicted molar refractivity (Wildman–Crippen MR) is 128 cm³/mol. The van der Waals surface area contributed by atoms with Gasteiger partial charge in [-0.3, -0.25) is 0 Å². The number of hydrogen-bond donors (Lipinski definition) is 0. The van der Waals surface area contributed by atoms with Gasteiger partial charge >= 0.3 is 7.12 Å². The van der Waals surface area contributed by atoms with E-state index in [1.165, 1.54) is 0 Å². The molecule has 0 spiro atoms. The zero-order chi connectivity index (χ0) is 39.2. The minimum absolute atomic E-state index is 2.52. The third kappa shape index (κ3) is 5.28. The van der Waals surface area contributed by atoms with Crippen LogP contribution in [0.3, 0.4) is 0 Å². The van der Waals surface area contributed by atoms with Crippen molar-refractivity contribution in [2.24, 2.45) is 0 Å². The van der Waals surface area contributed by atoms with Crippen molar-refractivity contribution in [2.45, 2.75) is 0 Å². The molecule has 52 heavy (non-hydrogen) atoms. The number of rotatable bonds is 6. The average Bonchev–Trinajstić information content (AvgIpc) is 3.12. The second kappa shape index (κ2) is 13.0. The Morgan fingerprint density at radius 3 is 0.942 bits per heavy atom. The van der Waals surface area contributed by atoms with Gasteiger partial charge in [-0.15, -0.1) is 0 Å². The minimum atomic E-state index is -4.37. The van der Waals surface area contributed by atoms with Crippen molar-refractivity contribution in [1.82, 2.24) is 0 Å². The molecule has 0 aliphatic carbocycles. The summed E-state index contributed by atoms with van der Waals surface area (Å²) in [5, 5.41) is -5.06. The summed E-state index contributed by atoms with van der Waals surface area (Å²) in [7, 11) is -4.37. The lowest BCUT2D eigenvalue weighted by Crippen LogP contribution is -2.48. The molecule has 5 aromatic carbocycles. The van der Waals surface area contributed by atoms with Crippen LogP contribution in [0.2, 0.25) is 0 Å². The summed E-state index contributed by atoms with van der Waals surface area (Å²) < 4.78 is 313. The van der Waals surface area contributed by atoms with E-state index in [0.717, 1.165) is 0 Å². The zero-order valence-electron chi connectivity index (χ0n) is 23.3. The Morgan fingerprint density at radius 1 is 0.231 bits per heavy atom. The molecule has 5 aromatic rings. The average molecular weight is 778 g/mol. The fourth-order valence-electron chi connectivity index (χ4n) is 4.56. The molecule has 0 radical (unpaired) electrons. The van der Waals surface area contributed by atoms with Gasteiger partial charge in [-0.25, -0.2) is 79.0 Å². The van der Waals surface area contributed by atoms with Crippen molar-refractivity contribution in [3.8, 4) is 22.6 Å². The Kier molecular flexibility index (Phi) is 9.42. The first-order valence-corrected chi connectivity index (χ1v) is 12.6. The molecule has 24 heteroatoms. The van der Waals surface area contributed by atoms with Crippen LogP contribution in [-0.4, -0.2) is 7.12 Å². The molecule has 5 rings (SSSR count). The molecule has 2 nitrogen and oxygen atoms in total. The second-order valence-electron chi connectivity index (χ2n) is 9.73. The maximum Gasteiger partial charge on any atom is 0.636 e. The first-order valence-electron chi connectivity index (χ1n) is 12.6. The zero-order valence-corrected chi connectivity index (χ0v) is 23.3. The molecular weight excluding hydrogens is 778 g/mol. The normalized spacial score (nSPS) is 11.6. The van der Waals surface area contributed by atoms with E-state index in [1.54, 1.807) is 0 Å². The molecule has 0 bridgehead atoms. The van der Waals surface area contributed by atoms with Crippen LogP contribution in [0, 0.1) is 122 Å². The molecule has 274 valence electrons. The van der Waals surface area contributed by atoms with Gasteiger partial charge in [-0.2, -0.15) is 13.2 Å². The summed E-state index contributed by atoms with van der Waals surface area (Å²) in [6.07, 6.45) is 0. The van der Waals surface area contributed by atoms with Crippen molar-refractivity contribution in [1.29, 1.82) is 0 Å². The van der Waals surface area contributed by atoms with E-state index in [0.29, 0.717) is 0 Å². The fourth-order valence-corrected chi connectivity index (χ4v) is 4.56. The summed E-state index contributed by atoms with van der Waals surface area (Å²) in [6, 6.07) is 0. The molecular formula is C28BF21O2. The van der Waals surface area contributed by atoms with Crippen molar-refractivity contribution in [3.05, 3.63) is 122 Å². The highest BCUT2D eigenvalue weighted by Gasteiger charge is 2.45. The van der Waals surface area contributed by atoms with Crippen LogP contribution in [-0.2, 0) is 0 Å². The van der Waals surface area contributed by atoms with Crippen LogP contribution >= 0.6 is 0 Å². The van der Waals surface area contributed by atoms with Crippen LogP contribution in [0.1, 0.15) is 0 Å². The largest absolute Gasteiger partial charge is 0.636 e. The molecule has 0 N–H and O–H groups in total. The van der Waals surface area contributed by atoms with Gasteiger partial charge in [0.1, 0.15) is 0 Å². The van der Waals surface area contributed by atoms with Gasteiger partial charge in [-0.1, -0.05) is 0 Å². The Bertz CT molecular complexity index is 2330. The van der Waals surface area contributed by atoms with E-state index in [2.05, 4.69) is 9.31 Å². The number of halogens is 21. The van der Waals surface area contributed by atoms with Gasteiger partial charge in [-0.05, 0) is 0 Å². The first-order chi connectivity index (χ1) is 24.1. The first kappa shape index (κ1) is 37.8. The van der Waals surface area contributed by atoms with Crippen LogP contribution in [0.25, 0.3) is 21.9 Å². The van der Waals surface area contributed by atoms with Crippen LogP contribution in [0.15, 0.2) is 0 Å².